The predicted molar refractivity (Wildman–Crippen MR) is 91.2 cm³/mol. The molecule has 0 spiro atoms. The molecule has 3 rings (SSSR count). The zero-order valence-electron chi connectivity index (χ0n) is 13.0. The van der Waals surface area contributed by atoms with E-state index < -0.39 is 0 Å². The molecule has 1 atom stereocenters. The number of anilines is 1. The number of fused-ring (bicyclic) bond motifs is 1. The van der Waals surface area contributed by atoms with Crippen LogP contribution in [0, 0.1) is 0 Å². The molecule has 0 unspecified atom stereocenters. The second-order valence-corrected chi connectivity index (χ2v) is 6.12. The van der Waals surface area contributed by atoms with Crippen molar-refractivity contribution in [2.24, 2.45) is 0 Å². The lowest BCUT2D eigenvalue weighted by atomic mass is 10.1. The predicted octanol–water partition coefficient (Wildman–Crippen LogP) is 3.52. The number of benzene rings is 1. The molecular formula is C17H18N2O3S. The fraction of sp³-hybridized carbons (Fsp3) is 0.294. The highest BCUT2D eigenvalue weighted by molar-refractivity contribution is 7.13. The van der Waals surface area contributed by atoms with Crippen molar-refractivity contribution in [3.8, 4) is 11.5 Å². The van der Waals surface area contributed by atoms with Crippen molar-refractivity contribution in [2.75, 3.05) is 11.9 Å². The molecule has 0 radical (unpaired) electrons. The number of carbonyl (C=O) groups excluding carboxylic acids is 1. The molecule has 6 heteroatoms. The van der Waals surface area contributed by atoms with Gasteiger partial charge in [0, 0.05) is 35.2 Å². The minimum atomic E-state index is -0.225. The summed E-state index contributed by atoms with van der Waals surface area (Å²) in [6.45, 7) is 4.55. The van der Waals surface area contributed by atoms with E-state index in [1.165, 1.54) is 17.4 Å². The van der Waals surface area contributed by atoms with Gasteiger partial charge in [0.25, 0.3) is 0 Å². The summed E-state index contributed by atoms with van der Waals surface area (Å²) in [7, 11) is 0. The number of ether oxygens (including phenoxy) is 2. The SMILES string of the molecule is CCOc1cc2c(cc1/C=C/C(=O)Nc1nccs1)O[C@H](C)C2. The third-order valence-corrected chi connectivity index (χ3v) is 4.09. The Hall–Kier alpha value is -2.34. The molecule has 2 heterocycles. The molecule has 120 valence electrons. The van der Waals surface area contributed by atoms with Gasteiger partial charge in [-0.05, 0) is 32.1 Å². The normalized spacial score (nSPS) is 16.2. The average Bonchev–Trinajstić information content (AvgIpc) is 3.13. The van der Waals surface area contributed by atoms with Gasteiger partial charge >= 0.3 is 0 Å². The monoisotopic (exact) mass is 330 g/mol. The number of carbonyl (C=O) groups is 1. The summed E-state index contributed by atoms with van der Waals surface area (Å²) in [5.41, 5.74) is 1.97. The molecule has 2 aromatic rings. The van der Waals surface area contributed by atoms with Gasteiger partial charge in [-0.25, -0.2) is 4.98 Å². The summed E-state index contributed by atoms with van der Waals surface area (Å²) in [6.07, 6.45) is 5.91. The van der Waals surface area contributed by atoms with Crippen molar-refractivity contribution in [1.82, 2.24) is 4.98 Å². The molecule has 5 nitrogen and oxygen atoms in total. The Kier molecular flexibility index (Phi) is 4.62. The molecule has 0 bridgehead atoms. The summed E-state index contributed by atoms with van der Waals surface area (Å²) >= 11 is 1.38. The number of rotatable bonds is 5. The lowest BCUT2D eigenvalue weighted by molar-refractivity contribution is -0.111. The summed E-state index contributed by atoms with van der Waals surface area (Å²) in [5, 5.41) is 5.10. The van der Waals surface area contributed by atoms with Gasteiger partial charge < -0.3 is 9.47 Å². The highest BCUT2D eigenvalue weighted by atomic mass is 32.1. The number of nitrogens with zero attached hydrogens (tertiary/aromatic N) is 1. The van der Waals surface area contributed by atoms with Gasteiger partial charge in [0.05, 0.1) is 6.61 Å². The molecule has 0 saturated heterocycles. The topological polar surface area (TPSA) is 60.5 Å². The number of hydrogen-bond donors (Lipinski definition) is 1. The molecule has 1 aromatic carbocycles. The number of thiazole rings is 1. The van der Waals surface area contributed by atoms with Crippen LogP contribution in [0.25, 0.3) is 6.08 Å². The number of hydrogen-bond acceptors (Lipinski definition) is 5. The van der Waals surface area contributed by atoms with Crippen molar-refractivity contribution < 1.29 is 14.3 Å². The average molecular weight is 330 g/mol. The Morgan fingerprint density at radius 1 is 1.57 bits per heavy atom. The highest BCUT2D eigenvalue weighted by Crippen LogP contribution is 2.35. The number of nitrogens with one attached hydrogen (secondary N) is 1. The van der Waals surface area contributed by atoms with Gasteiger partial charge in [-0.1, -0.05) is 0 Å². The first-order valence-electron chi connectivity index (χ1n) is 7.50. The maximum atomic E-state index is 11.9. The minimum Gasteiger partial charge on any atom is -0.493 e. The van der Waals surface area contributed by atoms with Gasteiger partial charge in [0.2, 0.25) is 5.91 Å². The first kappa shape index (κ1) is 15.6. The maximum Gasteiger partial charge on any atom is 0.250 e. The molecule has 1 amide bonds. The minimum absolute atomic E-state index is 0.173. The fourth-order valence-corrected chi connectivity index (χ4v) is 3.00. The van der Waals surface area contributed by atoms with Crippen LogP contribution in [-0.2, 0) is 11.2 Å². The first-order valence-corrected chi connectivity index (χ1v) is 8.38. The van der Waals surface area contributed by atoms with Crippen LogP contribution in [0.2, 0.25) is 0 Å². The van der Waals surface area contributed by atoms with Crippen LogP contribution in [-0.4, -0.2) is 23.6 Å². The molecule has 0 aliphatic carbocycles. The zero-order valence-corrected chi connectivity index (χ0v) is 13.9. The van der Waals surface area contributed by atoms with E-state index in [9.17, 15) is 4.79 Å². The molecule has 1 aliphatic heterocycles. The lowest BCUT2D eigenvalue weighted by Gasteiger charge is -2.10. The van der Waals surface area contributed by atoms with E-state index in [1.54, 1.807) is 12.3 Å². The summed E-state index contributed by atoms with van der Waals surface area (Å²) in [5.74, 6) is 1.40. The van der Waals surface area contributed by atoms with Gasteiger partial charge in [-0.3, -0.25) is 10.1 Å². The van der Waals surface area contributed by atoms with Crippen LogP contribution in [0.4, 0.5) is 5.13 Å². The van der Waals surface area contributed by atoms with Crippen LogP contribution in [0.1, 0.15) is 25.0 Å². The highest BCUT2D eigenvalue weighted by Gasteiger charge is 2.21. The molecular weight excluding hydrogens is 312 g/mol. The van der Waals surface area contributed by atoms with Crippen molar-refractivity contribution in [2.45, 2.75) is 26.4 Å². The van der Waals surface area contributed by atoms with Crippen molar-refractivity contribution >= 4 is 28.5 Å². The van der Waals surface area contributed by atoms with E-state index in [-0.39, 0.29) is 12.0 Å². The molecule has 1 aliphatic rings. The maximum absolute atomic E-state index is 11.9. The largest absolute Gasteiger partial charge is 0.493 e. The number of amides is 1. The Morgan fingerprint density at radius 3 is 3.17 bits per heavy atom. The Labute approximate surface area is 139 Å². The Bertz CT molecular complexity index is 726. The third-order valence-electron chi connectivity index (χ3n) is 3.41. The van der Waals surface area contributed by atoms with Crippen LogP contribution in [0.5, 0.6) is 11.5 Å². The van der Waals surface area contributed by atoms with Crippen LogP contribution in [0.3, 0.4) is 0 Å². The Morgan fingerprint density at radius 2 is 2.43 bits per heavy atom. The molecule has 0 fully saturated rings. The smallest absolute Gasteiger partial charge is 0.250 e. The van der Waals surface area contributed by atoms with E-state index in [1.807, 2.05) is 31.4 Å². The standard InChI is InChI=1S/C17H18N2O3S/c1-3-21-14-10-13-8-11(2)22-15(13)9-12(14)4-5-16(20)19-17-18-6-7-23-17/h4-7,9-11H,3,8H2,1-2H3,(H,18,19,20)/b5-4+/t11-/m1/s1. The van der Waals surface area contributed by atoms with Crippen LogP contribution >= 0.6 is 11.3 Å². The summed E-state index contributed by atoms with van der Waals surface area (Å²) in [6, 6.07) is 3.93. The van der Waals surface area contributed by atoms with E-state index >= 15 is 0 Å². The van der Waals surface area contributed by atoms with Gasteiger partial charge in [0.1, 0.15) is 17.6 Å². The molecule has 0 saturated carbocycles. The summed E-state index contributed by atoms with van der Waals surface area (Å²) < 4.78 is 11.5. The van der Waals surface area contributed by atoms with Crippen LogP contribution < -0.4 is 14.8 Å². The zero-order chi connectivity index (χ0) is 16.2. The van der Waals surface area contributed by atoms with Crippen molar-refractivity contribution in [1.29, 1.82) is 0 Å². The van der Waals surface area contributed by atoms with Gasteiger partial charge in [-0.15, -0.1) is 11.3 Å². The second kappa shape index (κ2) is 6.83. The Balaban J connectivity index is 1.79. The van der Waals surface area contributed by atoms with Crippen LogP contribution in [0.15, 0.2) is 29.8 Å². The van der Waals surface area contributed by atoms with Crippen molar-refractivity contribution in [3.63, 3.8) is 0 Å². The fourth-order valence-electron chi connectivity index (χ4n) is 2.46. The van der Waals surface area contributed by atoms with Crippen molar-refractivity contribution in [3.05, 3.63) is 40.9 Å². The van der Waals surface area contributed by atoms with E-state index in [0.717, 1.165) is 29.0 Å². The lowest BCUT2D eigenvalue weighted by Crippen LogP contribution is -2.07. The molecule has 1 aromatic heterocycles. The second-order valence-electron chi connectivity index (χ2n) is 5.22. The molecule has 23 heavy (non-hydrogen) atoms. The first-order chi connectivity index (χ1) is 11.2. The third kappa shape index (κ3) is 3.71. The van der Waals surface area contributed by atoms with Gasteiger partial charge in [-0.2, -0.15) is 0 Å². The van der Waals surface area contributed by atoms with E-state index in [4.69, 9.17) is 9.47 Å². The molecule has 1 N–H and O–H groups in total. The summed E-state index contributed by atoms with van der Waals surface area (Å²) in [4.78, 5) is 16.0. The van der Waals surface area contributed by atoms with E-state index in [0.29, 0.717) is 11.7 Å². The van der Waals surface area contributed by atoms with Gasteiger partial charge in [0.15, 0.2) is 5.13 Å². The number of aromatic nitrogens is 1. The van der Waals surface area contributed by atoms with E-state index in [2.05, 4.69) is 10.3 Å². The quantitative estimate of drug-likeness (QED) is 0.852.